The van der Waals surface area contributed by atoms with Gasteiger partial charge in [-0.15, -0.1) is 0 Å². The highest BCUT2D eigenvalue weighted by Gasteiger charge is 2.35. The summed E-state index contributed by atoms with van der Waals surface area (Å²) in [5.41, 5.74) is 2.42. The van der Waals surface area contributed by atoms with Gasteiger partial charge < -0.3 is 19.4 Å². The van der Waals surface area contributed by atoms with Crippen molar-refractivity contribution in [1.29, 1.82) is 0 Å². The summed E-state index contributed by atoms with van der Waals surface area (Å²) in [6, 6.07) is 19.0. The minimum absolute atomic E-state index is 0.295. The monoisotopic (exact) mass is 408 g/mol. The molecule has 5 heteroatoms. The van der Waals surface area contributed by atoms with Crippen LogP contribution in [0.5, 0.6) is 5.75 Å². The number of carbonyl (C=O) groups excluding carboxylic acids is 1. The van der Waals surface area contributed by atoms with Crippen LogP contribution in [-0.4, -0.2) is 56.7 Å². The fraction of sp³-hybridized carbons (Fsp3) is 0.480. The molecule has 1 N–H and O–H groups in total. The van der Waals surface area contributed by atoms with Crippen molar-refractivity contribution in [3.8, 4) is 5.75 Å². The van der Waals surface area contributed by atoms with Gasteiger partial charge in [0.2, 0.25) is 0 Å². The quantitative estimate of drug-likeness (QED) is 0.728. The molecule has 1 saturated carbocycles. The smallest absolute Gasteiger partial charge is 0.278 e. The van der Waals surface area contributed by atoms with Crippen LogP contribution in [0.4, 0.5) is 5.69 Å². The van der Waals surface area contributed by atoms with E-state index in [-0.39, 0.29) is 0 Å². The summed E-state index contributed by atoms with van der Waals surface area (Å²) in [7, 11) is 1.71. The Balaban J connectivity index is 1.35. The number of carbonyl (C=O) groups is 1. The number of hydrogen-bond acceptors (Lipinski definition) is 3. The van der Waals surface area contributed by atoms with E-state index in [1.807, 2.05) is 18.2 Å². The lowest BCUT2D eigenvalue weighted by atomic mass is 10.1. The van der Waals surface area contributed by atoms with E-state index in [2.05, 4.69) is 53.1 Å². The van der Waals surface area contributed by atoms with Crippen LogP contribution in [0.2, 0.25) is 0 Å². The molecule has 0 unspecified atom stereocenters. The zero-order valence-corrected chi connectivity index (χ0v) is 18.2. The number of nitrogens with zero attached hydrogens (tertiary/aromatic N) is 2. The van der Waals surface area contributed by atoms with Gasteiger partial charge in [-0.05, 0) is 43.4 Å². The lowest BCUT2D eigenvalue weighted by Crippen LogP contribution is -3.16. The summed E-state index contributed by atoms with van der Waals surface area (Å²) >= 11 is 0. The van der Waals surface area contributed by atoms with E-state index in [0.29, 0.717) is 24.4 Å². The maximum atomic E-state index is 13.3. The second kappa shape index (κ2) is 9.52. The first-order valence-corrected chi connectivity index (χ1v) is 11.2. The summed E-state index contributed by atoms with van der Waals surface area (Å²) in [6.45, 7) is 7.45. The first-order chi connectivity index (χ1) is 14.6. The van der Waals surface area contributed by atoms with E-state index in [1.165, 1.54) is 29.0 Å². The number of methoxy groups -OCH3 is 1. The maximum absolute atomic E-state index is 13.3. The number of rotatable bonds is 8. The van der Waals surface area contributed by atoms with E-state index < -0.39 is 0 Å². The van der Waals surface area contributed by atoms with E-state index in [0.717, 1.165) is 38.5 Å². The largest absolute Gasteiger partial charge is 0.497 e. The fourth-order valence-electron chi connectivity index (χ4n) is 4.45. The summed E-state index contributed by atoms with van der Waals surface area (Å²) in [5.74, 6) is 1.86. The summed E-state index contributed by atoms with van der Waals surface area (Å²) < 4.78 is 5.36. The third kappa shape index (κ3) is 5.14. The Hall–Kier alpha value is -2.53. The molecule has 0 aromatic heterocycles. The molecule has 30 heavy (non-hydrogen) atoms. The Bertz CT molecular complexity index is 829. The molecule has 5 nitrogen and oxygen atoms in total. The summed E-state index contributed by atoms with van der Waals surface area (Å²) in [4.78, 5) is 19.2. The topological polar surface area (TPSA) is 37.2 Å². The van der Waals surface area contributed by atoms with Crippen LogP contribution in [0.25, 0.3) is 0 Å². The Morgan fingerprint density at radius 3 is 2.53 bits per heavy atom. The molecule has 0 bridgehead atoms. The number of ether oxygens (including phenoxy) is 1. The fourth-order valence-corrected chi connectivity index (χ4v) is 4.45. The van der Waals surface area contributed by atoms with Crippen molar-refractivity contribution < 1.29 is 14.4 Å². The molecular formula is C25H34N3O2+. The van der Waals surface area contributed by atoms with Crippen LogP contribution in [0.15, 0.2) is 54.6 Å². The number of hydrogen-bond donors (Lipinski definition) is 1. The molecule has 1 amide bonds. The molecule has 1 atom stereocenters. The first kappa shape index (κ1) is 20.7. The maximum Gasteiger partial charge on any atom is 0.278 e. The molecule has 1 saturated heterocycles. The molecule has 4 rings (SSSR count). The van der Waals surface area contributed by atoms with E-state index in [1.54, 1.807) is 7.11 Å². The molecule has 2 aromatic carbocycles. The molecule has 0 radical (unpaired) electrons. The van der Waals surface area contributed by atoms with E-state index in [4.69, 9.17) is 4.74 Å². The third-order valence-electron chi connectivity index (χ3n) is 6.60. The summed E-state index contributed by atoms with van der Waals surface area (Å²) in [5, 5.41) is 0. The van der Waals surface area contributed by atoms with E-state index in [9.17, 15) is 4.79 Å². The van der Waals surface area contributed by atoms with Crippen molar-refractivity contribution in [1.82, 2.24) is 4.90 Å². The number of nitrogens with one attached hydrogen (secondary N) is 1. The van der Waals surface area contributed by atoms with Gasteiger partial charge in [-0.3, -0.25) is 4.79 Å². The lowest BCUT2D eigenvalue weighted by molar-refractivity contribution is -0.892. The molecule has 1 heterocycles. The number of benzene rings is 2. The highest BCUT2D eigenvalue weighted by Crippen LogP contribution is 2.35. The van der Waals surface area contributed by atoms with E-state index >= 15 is 0 Å². The van der Waals surface area contributed by atoms with Crippen molar-refractivity contribution in [3.05, 3.63) is 60.2 Å². The Morgan fingerprint density at radius 1 is 1.13 bits per heavy atom. The van der Waals surface area contributed by atoms with Gasteiger partial charge in [-0.1, -0.05) is 36.4 Å². The minimum atomic E-state index is 0.295. The van der Waals surface area contributed by atoms with Gasteiger partial charge in [0.1, 0.15) is 5.75 Å². The van der Waals surface area contributed by atoms with Gasteiger partial charge in [0, 0.05) is 24.3 Å². The normalized spacial score (nSPS) is 18.1. The van der Waals surface area contributed by atoms with Crippen molar-refractivity contribution in [3.63, 3.8) is 0 Å². The van der Waals surface area contributed by atoms with Gasteiger partial charge in [0.25, 0.3) is 5.91 Å². The lowest BCUT2D eigenvalue weighted by Gasteiger charge is -2.35. The zero-order valence-electron chi connectivity index (χ0n) is 18.2. The third-order valence-corrected chi connectivity index (χ3v) is 6.60. The minimum Gasteiger partial charge on any atom is -0.497 e. The van der Waals surface area contributed by atoms with Crippen LogP contribution in [-0.2, 0) is 11.3 Å². The van der Waals surface area contributed by atoms with Crippen LogP contribution in [0.3, 0.4) is 0 Å². The highest BCUT2D eigenvalue weighted by atomic mass is 16.5. The van der Waals surface area contributed by atoms with Crippen molar-refractivity contribution in [2.75, 3.05) is 44.7 Å². The van der Waals surface area contributed by atoms with Crippen LogP contribution in [0, 0.1) is 5.92 Å². The SMILES string of the molecule is COc1cccc(N2CC[NH+](CC(=O)N(Cc3ccccc3)[C@@H](C)C3CC3)CC2)c1. The predicted molar refractivity (Wildman–Crippen MR) is 120 cm³/mol. The second-order valence-electron chi connectivity index (χ2n) is 8.70. The molecular weight excluding hydrogens is 374 g/mol. The van der Waals surface area contributed by atoms with Crippen molar-refractivity contribution in [2.45, 2.75) is 32.4 Å². The van der Waals surface area contributed by atoms with Gasteiger partial charge >= 0.3 is 0 Å². The predicted octanol–water partition coefficient (Wildman–Crippen LogP) is 2.23. The Morgan fingerprint density at radius 2 is 1.87 bits per heavy atom. The molecule has 1 aliphatic carbocycles. The Kier molecular flexibility index (Phi) is 6.58. The zero-order chi connectivity index (χ0) is 20.9. The first-order valence-electron chi connectivity index (χ1n) is 11.2. The molecule has 2 fully saturated rings. The summed E-state index contributed by atoms with van der Waals surface area (Å²) in [6.07, 6.45) is 2.51. The van der Waals surface area contributed by atoms with Gasteiger partial charge in [0.05, 0.1) is 33.3 Å². The standard InChI is InChI=1S/C25H33N3O2/c1-20(22-11-12-22)28(18-21-7-4-3-5-8-21)25(29)19-26-13-15-27(16-14-26)23-9-6-10-24(17-23)30-2/h3-10,17,20,22H,11-16,18-19H2,1-2H3/p+1/t20-/m0/s1. The molecule has 2 aliphatic rings. The van der Waals surface area contributed by atoms with Gasteiger partial charge in [-0.2, -0.15) is 0 Å². The number of anilines is 1. The van der Waals surface area contributed by atoms with Crippen LogP contribution >= 0.6 is 0 Å². The van der Waals surface area contributed by atoms with Crippen molar-refractivity contribution >= 4 is 11.6 Å². The Labute approximate surface area is 180 Å². The molecule has 1 aliphatic heterocycles. The van der Waals surface area contributed by atoms with Gasteiger partial charge in [-0.25, -0.2) is 0 Å². The average Bonchev–Trinajstić information content (AvgIpc) is 3.64. The number of quaternary nitrogens is 1. The van der Waals surface area contributed by atoms with Crippen molar-refractivity contribution in [2.24, 2.45) is 5.92 Å². The number of amides is 1. The molecule has 0 spiro atoms. The average molecular weight is 409 g/mol. The molecule has 160 valence electrons. The number of piperazine rings is 1. The van der Waals surface area contributed by atoms with Gasteiger partial charge in [0.15, 0.2) is 6.54 Å². The van der Waals surface area contributed by atoms with Crippen LogP contribution < -0.4 is 14.5 Å². The highest BCUT2D eigenvalue weighted by molar-refractivity contribution is 5.77. The second-order valence-corrected chi connectivity index (χ2v) is 8.70. The van der Waals surface area contributed by atoms with Crippen LogP contribution in [0.1, 0.15) is 25.3 Å². The molecule has 2 aromatic rings.